The quantitative estimate of drug-likeness (QED) is 0.124. The SMILES string of the molecule is CCC[C@@H]1NC(=O)[C@H](CC2CNC3NCCCC23)NC(=O)[C@H]([C@@H](C)O)NC(=O)[C@@H]2CCCCNC(=O)CC[C@@H](NC1=O)C(=O)N[C@@H](CC1CCC(O)CC1)C(=O)N[C@@H](C1CCCCC1)C(=O)N[C@@H]([C@@H](C)O)C(=O)NCCCC(=O)NCCCCCC(=O)N[C@@H](C(C)(C)C)C(=O)N[C@@H](CC1CCC(O)CC1)C(=O)N2. The maximum Gasteiger partial charge on any atom is 0.245 e. The Morgan fingerprint density at radius 1 is 0.389 bits per heavy atom. The molecule has 3 aliphatic carbocycles. The molecule has 2 bridgehead atoms. The molecule has 0 aromatic heterocycles. The molecule has 7 aliphatic rings. The number of piperidine rings is 1. The summed E-state index contributed by atoms with van der Waals surface area (Å²) in [5.74, 6) is -10.5. The number of amides is 13. The van der Waals surface area contributed by atoms with Gasteiger partial charge in [-0.15, -0.1) is 0 Å². The van der Waals surface area contributed by atoms with Crippen LogP contribution in [0.2, 0.25) is 0 Å². The monoisotopic (exact) mass is 1520 g/mol. The summed E-state index contributed by atoms with van der Waals surface area (Å²) in [6.45, 7) is 11.1. The molecule has 610 valence electrons. The van der Waals surface area contributed by atoms with Crippen LogP contribution in [0.25, 0.3) is 0 Å². The first-order chi connectivity index (χ1) is 51.5. The van der Waals surface area contributed by atoms with E-state index in [0.29, 0.717) is 96.4 Å². The predicted octanol–water partition coefficient (Wildman–Crippen LogP) is -0.493. The Morgan fingerprint density at radius 2 is 0.870 bits per heavy atom. The molecule has 0 aromatic carbocycles. The molecule has 3 saturated carbocycles. The number of hydrogen-bond donors (Lipinski definition) is 19. The van der Waals surface area contributed by atoms with Gasteiger partial charge in [0.15, 0.2) is 0 Å². The lowest BCUT2D eigenvalue weighted by atomic mass is 9.82. The van der Waals surface area contributed by atoms with E-state index in [4.69, 9.17) is 0 Å². The number of fused-ring (bicyclic) bond motifs is 10. The third-order valence-electron chi connectivity index (χ3n) is 22.8. The van der Waals surface area contributed by atoms with Crippen LogP contribution in [0.1, 0.15) is 241 Å². The van der Waals surface area contributed by atoms with Crippen LogP contribution in [0.4, 0.5) is 0 Å². The van der Waals surface area contributed by atoms with Crippen LogP contribution in [0.5, 0.6) is 0 Å². The zero-order valence-corrected chi connectivity index (χ0v) is 64.6. The van der Waals surface area contributed by atoms with Gasteiger partial charge in [0.1, 0.15) is 60.4 Å². The Balaban J connectivity index is 1.26. The van der Waals surface area contributed by atoms with E-state index in [0.717, 1.165) is 38.6 Å². The molecule has 3 unspecified atom stereocenters. The Hall–Kier alpha value is -7.13. The first-order valence-corrected chi connectivity index (χ1v) is 40.5. The van der Waals surface area contributed by atoms with Crippen LogP contribution in [0.15, 0.2) is 0 Å². The number of nitrogens with one attached hydrogen (secondary N) is 15. The van der Waals surface area contributed by atoms with Gasteiger partial charge in [0.2, 0.25) is 76.8 Å². The molecule has 32 heteroatoms. The zero-order chi connectivity index (χ0) is 78.6. The number of carbonyl (C=O) groups excluding carboxylic acids is 13. The summed E-state index contributed by atoms with van der Waals surface area (Å²) in [5, 5.41) is 87.0. The summed E-state index contributed by atoms with van der Waals surface area (Å²) >= 11 is 0. The van der Waals surface area contributed by atoms with Crippen molar-refractivity contribution in [1.82, 2.24) is 79.8 Å². The Labute approximate surface area is 636 Å². The molecule has 0 radical (unpaired) electrons. The molecule has 7 rings (SSSR count). The first-order valence-electron chi connectivity index (χ1n) is 40.5. The number of hydrogen-bond acceptors (Lipinski definition) is 19. The van der Waals surface area contributed by atoms with E-state index < -0.39 is 167 Å². The van der Waals surface area contributed by atoms with Gasteiger partial charge in [-0.05, 0) is 210 Å². The van der Waals surface area contributed by atoms with E-state index in [9.17, 15) is 63.6 Å². The first kappa shape index (κ1) is 88.1. The minimum atomic E-state index is -1.74. The molecular weight excluding hydrogens is 1390 g/mol. The van der Waals surface area contributed by atoms with Crippen molar-refractivity contribution in [2.24, 2.45) is 35.0 Å². The number of rotatable bonds is 11. The van der Waals surface area contributed by atoms with E-state index in [1.54, 1.807) is 27.7 Å². The molecular formula is C76H129N15O17. The van der Waals surface area contributed by atoms with E-state index in [2.05, 4.69) is 79.8 Å². The predicted molar refractivity (Wildman–Crippen MR) is 399 cm³/mol. The minimum absolute atomic E-state index is 0.00159. The second kappa shape index (κ2) is 44.1. The van der Waals surface area contributed by atoms with Crippen LogP contribution in [-0.2, 0) is 62.3 Å². The highest BCUT2D eigenvalue weighted by Crippen LogP contribution is 2.34. The average molecular weight is 1520 g/mol. The van der Waals surface area contributed by atoms with Crippen LogP contribution in [0, 0.1) is 35.0 Å². The van der Waals surface area contributed by atoms with Gasteiger partial charge in [0.25, 0.3) is 0 Å². The second-order valence-corrected chi connectivity index (χ2v) is 32.8. The van der Waals surface area contributed by atoms with Crippen LogP contribution in [-0.4, -0.2) is 221 Å². The van der Waals surface area contributed by atoms with Gasteiger partial charge < -0.3 is 100 Å². The molecule has 7 fully saturated rings. The van der Waals surface area contributed by atoms with Gasteiger partial charge in [-0.1, -0.05) is 59.8 Å². The molecule has 13 amide bonds. The number of aliphatic hydroxyl groups is 4. The normalized spacial score (nSPS) is 33.6. The minimum Gasteiger partial charge on any atom is -0.393 e. The summed E-state index contributed by atoms with van der Waals surface area (Å²) in [4.78, 5) is 189. The van der Waals surface area contributed by atoms with Crippen LogP contribution < -0.4 is 79.8 Å². The van der Waals surface area contributed by atoms with Gasteiger partial charge in [-0.25, -0.2) is 0 Å². The second-order valence-electron chi connectivity index (χ2n) is 32.8. The fraction of sp³-hybridized carbons (Fsp3) is 0.829. The largest absolute Gasteiger partial charge is 0.393 e. The number of carbonyl (C=O) groups is 13. The van der Waals surface area contributed by atoms with Crippen molar-refractivity contribution in [1.29, 1.82) is 0 Å². The number of aliphatic hydroxyl groups excluding tert-OH is 4. The molecule has 108 heavy (non-hydrogen) atoms. The van der Waals surface area contributed by atoms with Crippen molar-refractivity contribution in [3.63, 3.8) is 0 Å². The van der Waals surface area contributed by atoms with E-state index in [-0.39, 0.29) is 132 Å². The van der Waals surface area contributed by atoms with Crippen LogP contribution >= 0.6 is 0 Å². The third kappa shape index (κ3) is 28.3. The lowest BCUT2D eigenvalue weighted by Gasteiger charge is -2.34. The highest BCUT2D eigenvalue weighted by molar-refractivity contribution is 5.99. The van der Waals surface area contributed by atoms with Gasteiger partial charge >= 0.3 is 0 Å². The Morgan fingerprint density at radius 3 is 1.48 bits per heavy atom. The molecule has 19 N–H and O–H groups in total. The summed E-state index contributed by atoms with van der Waals surface area (Å²) in [5.41, 5.74) is -0.901. The van der Waals surface area contributed by atoms with E-state index >= 15 is 19.2 Å². The molecule has 4 aliphatic heterocycles. The fourth-order valence-corrected chi connectivity index (χ4v) is 16.3. The molecule has 15 atom stereocenters. The van der Waals surface area contributed by atoms with Crippen molar-refractivity contribution >= 4 is 76.8 Å². The van der Waals surface area contributed by atoms with Crippen molar-refractivity contribution in [3.05, 3.63) is 0 Å². The van der Waals surface area contributed by atoms with Gasteiger partial charge in [0.05, 0.1) is 30.6 Å². The third-order valence-corrected chi connectivity index (χ3v) is 22.8. The van der Waals surface area contributed by atoms with E-state index in [1.807, 2.05) is 0 Å². The Bertz CT molecular complexity index is 3010. The highest BCUT2D eigenvalue weighted by atomic mass is 16.3. The lowest BCUT2D eigenvalue weighted by molar-refractivity contribution is -0.138. The van der Waals surface area contributed by atoms with Crippen molar-refractivity contribution in [2.45, 2.75) is 332 Å². The molecule has 4 heterocycles. The maximum absolute atomic E-state index is 15.2. The van der Waals surface area contributed by atoms with Gasteiger partial charge in [-0.3, -0.25) is 62.3 Å². The van der Waals surface area contributed by atoms with Crippen LogP contribution in [0.3, 0.4) is 0 Å². The van der Waals surface area contributed by atoms with Gasteiger partial charge in [-0.2, -0.15) is 0 Å². The Kier molecular flexibility index (Phi) is 35.9. The fourth-order valence-electron chi connectivity index (χ4n) is 16.3. The van der Waals surface area contributed by atoms with E-state index in [1.165, 1.54) is 13.8 Å². The van der Waals surface area contributed by atoms with Crippen molar-refractivity contribution in [3.8, 4) is 0 Å². The maximum atomic E-state index is 15.2. The molecule has 0 spiro atoms. The smallest absolute Gasteiger partial charge is 0.245 e. The van der Waals surface area contributed by atoms with Crippen molar-refractivity contribution < 1.29 is 82.8 Å². The summed E-state index contributed by atoms with van der Waals surface area (Å²) in [6, 6.07) is -14.1. The topological polar surface area (TPSA) is 483 Å². The average Bonchev–Trinajstić information content (AvgIpc) is 1.61. The summed E-state index contributed by atoms with van der Waals surface area (Å²) in [7, 11) is 0. The molecule has 0 aromatic rings. The summed E-state index contributed by atoms with van der Waals surface area (Å²) < 4.78 is 0. The molecule has 32 nitrogen and oxygen atoms in total. The highest BCUT2D eigenvalue weighted by Gasteiger charge is 2.44. The van der Waals surface area contributed by atoms with Crippen molar-refractivity contribution in [2.75, 3.05) is 32.7 Å². The lowest BCUT2D eigenvalue weighted by Crippen LogP contribution is -2.62. The van der Waals surface area contributed by atoms with Gasteiger partial charge in [0, 0.05) is 38.9 Å². The summed E-state index contributed by atoms with van der Waals surface area (Å²) in [6.07, 6.45) is 6.05. The standard InChI is InChI=1S/C76H129N15O17/c1-7-18-52-66(99)84-54-33-34-59(97)78-36-15-13-22-53(68(101)89-62(44(3)93)73(106)86-57(70(103)82-52)41-48-42-81-65-51(48)21-16-37-79-65)83-69(102)55(39-45-25-29-49(94)30-26-45)87-75(108)64(76(4,5)6)88-60(98)23-12-9-14-35-77-58(96)24-17-38-80-72(105)61(43(2)92)90-74(107)63(47-19-10-8-11-20-47)91-71(104)56(85-67(54)100)40-46-27-31-50(95)32-28-46/h43-57,61-65,79,81,92-95H,7-42H2,1-6H3,(H,77,96)(H,78,97)(H,80,105)(H,82,103)(H,83,102)(H,84,99)(H,85,100)(H,86,106)(H,87,108)(H,88,98)(H,89,101)(H,90,107)(H,91,104)/t43-,44-,45?,46?,48?,49?,50?,51?,52+,53+,54-,55+,56+,57+,61+,62+,63+,64-,65?/m1/s1. The zero-order valence-electron chi connectivity index (χ0n) is 64.6. The molecule has 4 saturated heterocycles.